The maximum atomic E-state index is 12.5. The lowest BCUT2D eigenvalue weighted by Gasteiger charge is -1.99. The summed E-state index contributed by atoms with van der Waals surface area (Å²) in [5.74, 6) is 0.372. The van der Waals surface area contributed by atoms with Crippen molar-refractivity contribution in [3.8, 4) is 0 Å². The smallest absolute Gasteiger partial charge is 0.310 e. The van der Waals surface area contributed by atoms with Gasteiger partial charge >= 0.3 is 5.97 Å². The van der Waals surface area contributed by atoms with Crippen LogP contribution in [0.1, 0.15) is 32.5 Å². The summed E-state index contributed by atoms with van der Waals surface area (Å²) < 4.78 is 4.64. The van der Waals surface area contributed by atoms with Gasteiger partial charge in [-0.2, -0.15) is 0 Å². The van der Waals surface area contributed by atoms with Gasteiger partial charge in [-0.15, -0.1) is 11.3 Å². The number of thiophene rings is 1. The van der Waals surface area contributed by atoms with Crippen LogP contribution in [0.3, 0.4) is 0 Å². The van der Waals surface area contributed by atoms with Crippen molar-refractivity contribution in [3.63, 3.8) is 0 Å². The molecule has 0 amide bonds. The van der Waals surface area contributed by atoms with E-state index in [2.05, 4.69) is 16.9 Å². The second kappa shape index (κ2) is 5.82. The third-order valence-electron chi connectivity index (χ3n) is 3.81. The zero-order valence-electron chi connectivity index (χ0n) is 11.7. The monoisotopic (exact) mass is 300 g/mol. The zero-order chi connectivity index (χ0) is 14.8. The van der Waals surface area contributed by atoms with Gasteiger partial charge in [-0.05, 0) is 30.0 Å². The average Bonchev–Trinajstić information content (AvgIpc) is 3.19. The summed E-state index contributed by atoms with van der Waals surface area (Å²) >= 11 is 1.40. The first-order chi connectivity index (χ1) is 10.2. The highest BCUT2D eigenvalue weighted by Gasteiger charge is 2.44. The van der Waals surface area contributed by atoms with E-state index in [0.717, 1.165) is 16.2 Å². The van der Waals surface area contributed by atoms with Crippen LogP contribution in [0.4, 0.5) is 0 Å². The van der Waals surface area contributed by atoms with Gasteiger partial charge in [0.15, 0.2) is 5.78 Å². The van der Waals surface area contributed by atoms with E-state index >= 15 is 0 Å². The number of esters is 1. The van der Waals surface area contributed by atoms with E-state index in [0.29, 0.717) is 5.92 Å². The highest BCUT2D eigenvalue weighted by Crippen LogP contribution is 2.49. The van der Waals surface area contributed by atoms with Crippen molar-refractivity contribution in [2.24, 2.45) is 5.92 Å². The molecule has 0 aliphatic heterocycles. The molecule has 1 heterocycles. The Balaban J connectivity index is 1.66. The van der Waals surface area contributed by atoms with Crippen LogP contribution in [-0.2, 0) is 16.0 Å². The molecule has 2 aromatic rings. The molecule has 1 saturated carbocycles. The maximum Gasteiger partial charge on any atom is 0.310 e. The van der Waals surface area contributed by atoms with Crippen LogP contribution in [0.2, 0.25) is 0 Å². The van der Waals surface area contributed by atoms with E-state index in [1.54, 1.807) is 0 Å². The molecule has 0 bridgehead atoms. The minimum absolute atomic E-state index is 0.0945. The summed E-state index contributed by atoms with van der Waals surface area (Å²) in [7, 11) is 1.37. The van der Waals surface area contributed by atoms with E-state index in [-0.39, 0.29) is 24.1 Å². The second-order valence-electron chi connectivity index (χ2n) is 5.24. The minimum atomic E-state index is -0.274. The molecule has 21 heavy (non-hydrogen) atoms. The summed E-state index contributed by atoms with van der Waals surface area (Å²) in [4.78, 5) is 25.3. The molecule has 0 saturated heterocycles. The van der Waals surface area contributed by atoms with Crippen molar-refractivity contribution < 1.29 is 14.3 Å². The number of ether oxygens (including phenoxy) is 1. The minimum Gasteiger partial charge on any atom is -0.469 e. The van der Waals surface area contributed by atoms with Gasteiger partial charge < -0.3 is 4.74 Å². The summed E-state index contributed by atoms with van der Waals surface area (Å²) in [6.07, 6.45) is 1.16. The SMILES string of the molecule is COC(=O)Cc1ccc(C(=O)C2CC2c2ccccc2)s1. The predicted octanol–water partition coefficient (Wildman–Crippen LogP) is 3.45. The molecule has 2 atom stereocenters. The van der Waals surface area contributed by atoms with Crippen LogP contribution in [-0.4, -0.2) is 18.9 Å². The standard InChI is InChI=1S/C17H16O3S/c1-20-16(18)9-12-7-8-15(21-12)17(19)14-10-13(14)11-5-3-2-4-6-11/h2-8,13-14H,9-10H2,1H3. The quantitative estimate of drug-likeness (QED) is 0.627. The molecule has 3 rings (SSSR count). The van der Waals surface area contributed by atoms with Crippen molar-refractivity contribution in [3.05, 3.63) is 57.8 Å². The normalized spacial score (nSPS) is 20.0. The number of Topliss-reactive ketones (excluding diaryl/α,β-unsaturated/α-hetero) is 1. The molecule has 1 aliphatic rings. The predicted molar refractivity (Wildman–Crippen MR) is 81.7 cm³/mol. The number of ketones is 1. The Morgan fingerprint density at radius 2 is 1.95 bits per heavy atom. The van der Waals surface area contributed by atoms with Crippen molar-refractivity contribution in [2.75, 3.05) is 7.11 Å². The van der Waals surface area contributed by atoms with Gasteiger partial charge in [-0.3, -0.25) is 9.59 Å². The van der Waals surface area contributed by atoms with Crippen molar-refractivity contribution >= 4 is 23.1 Å². The lowest BCUT2D eigenvalue weighted by atomic mass is 10.1. The zero-order valence-corrected chi connectivity index (χ0v) is 12.6. The number of hydrogen-bond acceptors (Lipinski definition) is 4. The van der Waals surface area contributed by atoms with Crippen molar-refractivity contribution in [1.29, 1.82) is 0 Å². The second-order valence-corrected chi connectivity index (χ2v) is 6.41. The summed E-state index contributed by atoms with van der Waals surface area (Å²) in [6, 6.07) is 13.8. The fourth-order valence-corrected chi connectivity index (χ4v) is 3.55. The fourth-order valence-electron chi connectivity index (χ4n) is 2.56. The lowest BCUT2D eigenvalue weighted by Crippen LogP contribution is -2.03. The maximum absolute atomic E-state index is 12.5. The molecule has 1 aromatic heterocycles. The topological polar surface area (TPSA) is 43.4 Å². The third-order valence-corrected chi connectivity index (χ3v) is 4.91. The van der Waals surface area contributed by atoms with E-state index < -0.39 is 0 Å². The number of benzene rings is 1. The number of carbonyl (C=O) groups is 2. The van der Waals surface area contributed by atoms with Crippen LogP contribution in [0.5, 0.6) is 0 Å². The van der Waals surface area contributed by atoms with Gasteiger partial charge in [0.25, 0.3) is 0 Å². The first-order valence-corrected chi connectivity index (χ1v) is 7.75. The Morgan fingerprint density at radius 3 is 2.67 bits per heavy atom. The van der Waals surface area contributed by atoms with Crippen molar-refractivity contribution in [1.82, 2.24) is 0 Å². The molecule has 108 valence electrons. The van der Waals surface area contributed by atoms with Crippen LogP contribution in [0.15, 0.2) is 42.5 Å². The molecule has 1 aromatic carbocycles. The first-order valence-electron chi connectivity index (χ1n) is 6.93. The Hall–Kier alpha value is -1.94. The number of rotatable bonds is 5. The molecule has 3 nitrogen and oxygen atoms in total. The summed E-state index contributed by atoms with van der Waals surface area (Å²) in [6.45, 7) is 0. The molecule has 1 fully saturated rings. The largest absolute Gasteiger partial charge is 0.469 e. The molecular formula is C17H16O3S. The van der Waals surface area contributed by atoms with E-state index in [9.17, 15) is 9.59 Å². The van der Waals surface area contributed by atoms with Crippen LogP contribution in [0.25, 0.3) is 0 Å². The number of carbonyl (C=O) groups excluding carboxylic acids is 2. The van der Waals surface area contributed by atoms with E-state index in [1.807, 2.05) is 30.3 Å². The Bertz CT molecular complexity index is 660. The first kappa shape index (κ1) is 14.0. The van der Waals surface area contributed by atoms with Gasteiger partial charge in [0.2, 0.25) is 0 Å². The summed E-state index contributed by atoms with van der Waals surface area (Å²) in [5, 5.41) is 0. The number of methoxy groups -OCH3 is 1. The van der Waals surface area contributed by atoms with Gasteiger partial charge in [-0.1, -0.05) is 30.3 Å². The molecule has 4 heteroatoms. The van der Waals surface area contributed by atoms with Crippen LogP contribution in [0, 0.1) is 5.92 Å². The molecule has 0 spiro atoms. The van der Waals surface area contributed by atoms with Gasteiger partial charge in [0.05, 0.1) is 18.4 Å². The lowest BCUT2D eigenvalue weighted by molar-refractivity contribution is -0.139. The van der Waals surface area contributed by atoms with Gasteiger partial charge in [-0.25, -0.2) is 0 Å². The van der Waals surface area contributed by atoms with E-state index in [1.165, 1.54) is 24.0 Å². The Kier molecular flexibility index (Phi) is 3.88. The Morgan fingerprint density at radius 1 is 1.19 bits per heavy atom. The van der Waals surface area contributed by atoms with Crippen LogP contribution < -0.4 is 0 Å². The molecular weight excluding hydrogens is 284 g/mol. The van der Waals surface area contributed by atoms with Gasteiger partial charge in [0.1, 0.15) is 0 Å². The number of hydrogen-bond donors (Lipinski definition) is 0. The molecule has 1 aliphatic carbocycles. The van der Waals surface area contributed by atoms with E-state index in [4.69, 9.17) is 0 Å². The fraction of sp³-hybridized carbons (Fsp3) is 0.294. The van der Waals surface area contributed by atoms with Crippen LogP contribution >= 0.6 is 11.3 Å². The highest BCUT2D eigenvalue weighted by molar-refractivity contribution is 7.14. The molecule has 0 radical (unpaired) electrons. The van der Waals surface area contributed by atoms with Crippen molar-refractivity contribution in [2.45, 2.75) is 18.8 Å². The molecule has 2 unspecified atom stereocenters. The third kappa shape index (κ3) is 3.05. The highest BCUT2D eigenvalue weighted by atomic mass is 32.1. The summed E-state index contributed by atoms with van der Waals surface area (Å²) in [5.41, 5.74) is 1.24. The molecule has 0 N–H and O–H groups in total. The average molecular weight is 300 g/mol. The Labute approximate surface area is 127 Å². The van der Waals surface area contributed by atoms with Gasteiger partial charge in [0, 0.05) is 10.8 Å².